The number of hydrogen-bond donors (Lipinski definition) is 3. The van der Waals surface area contributed by atoms with Gasteiger partial charge in [-0.1, -0.05) is 5.16 Å². The molecule has 1 aliphatic rings. The predicted octanol–water partition coefficient (Wildman–Crippen LogP) is 0.587. The molecule has 0 radical (unpaired) electrons. The zero-order valence-electron chi connectivity index (χ0n) is 10.2. The second-order valence-electron chi connectivity index (χ2n) is 4.34. The number of carbonyl (C=O) groups excluding carboxylic acids is 1. The molecular weight excluding hydrogens is 222 g/mol. The molecule has 1 fully saturated rings. The number of hydrogen-bond acceptors (Lipinski definition) is 4. The minimum absolute atomic E-state index is 0.00673. The molecule has 0 aromatic heterocycles. The molecule has 1 saturated heterocycles. The summed E-state index contributed by atoms with van der Waals surface area (Å²) in [4.78, 5) is 11.6. The van der Waals surface area contributed by atoms with E-state index in [0.29, 0.717) is 6.42 Å². The number of rotatable bonds is 5. The van der Waals surface area contributed by atoms with Gasteiger partial charge in [0.05, 0.1) is 12.1 Å². The lowest BCUT2D eigenvalue weighted by atomic mass is 10.0. The Morgan fingerprint density at radius 3 is 3.00 bits per heavy atom. The second kappa shape index (κ2) is 7.11. The lowest BCUT2D eigenvalue weighted by molar-refractivity contribution is -0.122. The molecule has 0 aromatic rings. The van der Waals surface area contributed by atoms with Crippen LogP contribution in [0.2, 0.25) is 0 Å². The van der Waals surface area contributed by atoms with Crippen molar-refractivity contribution < 1.29 is 14.7 Å². The van der Waals surface area contributed by atoms with E-state index in [2.05, 4.69) is 10.5 Å². The van der Waals surface area contributed by atoms with Crippen LogP contribution in [0.4, 0.5) is 0 Å². The van der Waals surface area contributed by atoms with Crippen molar-refractivity contribution in [1.82, 2.24) is 5.32 Å². The van der Waals surface area contributed by atoms with Crippen LogP contribution in [-0.2, 0) is 9.53 Å². The fraction of sp³-hybridized carbons (Fsp3) is 0.818. The molecule has 6 nitrogen and oxygen atoms in total. The highest BCUT2D eigenvalue weighted by atomic mass is 16.5. The number of nitrogens with zero attached hydrogens (tertiary/aromatic N) is 1. The van der Waals surface area contributed by atoms with Gasteiger partial charge in [-0.25, -0.2) is 0 Å². The summed E-state index contributed by atoms with van der Waals surface area (Å²) in [7, 11) is 0. The number of oxime groups is 1. The molecule has 1 amide bonds. The van der Waals surface area contributed by atoms with Crippen LogP contribution in [-0.4, -0.2) is 35.7 Å². The van der Waals surface area contributed by atoms with E-state index in [9.17, 15) is 4.79 Å². The van der Waals surface area contributed by atoms with Gasteiger partial charge in [0.2, 0.25) is 5.91 Å². The van der Waals surface area contributed by atoms with E-state index >= 15 is 0 Å². The van der Waals surface area contributed by atoms with Gasteiger partial charge in [0.15, 0.2) is 5.84 Å². The zero-order valence-corrected chi connectivity index (χ0v) is 10.2. The third-order valence-electron chi connectivity index (χ3n) is 2.90. The molecular formula is C11H21N3O3. The Hall–Kier alpha value is -1.30. The number of amidine groups is 1. The van der Waals surface area contributed by atoms with E-state index in [4.69, 9.17) is 15.7 Å². The van der Waals surface area contributed by atoms with Crippen LogP contribution in [0.1, 0.15) is 39.0 Å². The molecule has 2 unspecified atom stereocenters. The molecule has 0 aliphatic carbocycles. The van der Waals surface area contributed by atoms with Crippen molar-refractivity contribution in [2.75, 3.05) is 6.61 Å². The van der Waals surface area contributed by atoms with Gasteiger partial charge in [-0.2, -0.15) is 0 Å². The molecule has 6 heteroatoms. The van der Waals surface area contributed by atoms with Crippen molar-refractivity contribution in [1.29, 1.82) is 0 Å². The topological polar surface area (TPSA) is 96.9 Å². The van der Waals surface area contributed by atoms with E-state index in [1.54, 1.807) is 6.92 Å². The van der Waals surface area contributed by atoms with Gasteiger partial charge in [0.1, 0.15) is 0 Å². The molecule has 4 N–H and O–H groups in total. The largest absolute Gasteiger partial charge is 0.409 e. The van der Waals surface area contributed by atoms with Crippen molar-refractivity contribution in [3.8, 4) is 0 Å². The van der Waals surface area contributed by atoms with Crippen molar-refractivity contribution in [3.63, 3.8) is 0 Å². The van der Waals surface area contributed by atoms with Gasteiger partial charge in [-0.15, -0.1) is 0 Å². The van der Waals surface area contributed by atoms with Crippen LogP contribution >= 0.6 is 0 Å². The molecule has 0 spiro atoms. The predicted molar refractivity (Wildman–Crippen MR) is 63.8 cm³/mol. The van der Waals surface area contributed by atoms with Crippen LogP contribution < -0.4 is 11.1 Å². The Balaban J connectivity index is 2.20. The van der Waals surface area contributed by atoms with Crippen LogP contribution in [0.25, 0.3) is 0 Å². The van der Waals surface area contributed by atoms with Gasteiger partial charge >= 0.3 is 0 Å². The Morgan fingerprint density at radius 1 is 1.65 bits per heavy atom. The number of nitrogens with one attached hydrogen (secondary N) is 1. The van der Waals surface area contributed by atoms with E-state index < -0.39 is 6.04 Å². The Morgan fingerprint density at radius 2 is 2.41 bits per heavy atom. The summed E-state index contributed by atoms with van der Waals surface area (Å²) in [5, 5.41) is 13.9. The normalized spacial score (nSPS) is 23.1. The van der Waals surface area contributed by atoms with Crippen molar-refractivity contribution in [2.45, 2.75) is 51.2 Å². The Labute approximate surface area is 101 Å². The molecule has 1 aliphatic heterocycles. The second-order valence-corrected chi connectivity index (χ2v) is 4.34. The third-order valence-corrected chi connectivity index (χ3v) is 2.90. The van der Waals surface area contributed by atoms with Crippen LogP contribution in [0, 0.1) is 0 Å². The first-order valence-corrected chi connectivity index (χ1v) is 6.02. The summed E-state index contributed by atoms with van der Waals surface area (Å²) in [6.07, 6.45) is 4.66. The maximum Gasteiger partial charge on any atom is 0.220 e. The molecule has 1 rings (SSSR count). The van der Waals surface area contributed by atoms with Gasteiger partial charge in [0, 0.05) is 13.0 Å². The Bertz CT molecular complexity index is 275. The molecule has 17 heavy (non-hydrogen) atoms. The first-order chi connectivity index (χ1) is 8.13. The first-order valence-electron chi connectivity index (χ1n) is 6.02. The van der Waals surface area contributed by atoms with Crippen molar-refractivity contribution >= 4 is 11.7 Å². The fourth-order valence-electron chi connectivity index (χ4n) is 1.80. The smallest absolute Gasteiger partial charge is 0.220 e. The summed E-state index contributed by atoms with van der Waals surface area (Å²) in [5.74, 6) is -0.0921. The average Bonchev–Trinajstić information content (AvgIpc) is 2.36. The maximum absolute atomic E-state index is 11.6. The highest BCUT2D eigenvalue weighted by Crippen LogP contribution is 2.16. The van der Waals surface area contributed by atoms with Crippen LogP contribution in [0.5, 0.6) is 0 Å². The lowest BCUT2D eigenvalue weighted by Gasteiger charge is -2.22. The summed E-state index contributed by atoms with van der Waals surface area (Å²) in [6.45, 7) is 2.47. The quantitative estimate of drug-likeness (QED) is 0.285. The summed E-state index contributed by atoms with van der Waals surface area (Å²) >= 11 is 0. The summed E-state index contributed by atoms with van der Waals surface area (Å²) in [6, 6.07) is -0.445. The highest BCUT2D eigenvalue weighted by Gasteiger charge is 2.16. The first kappa shape index (κ1) is 13.8. The monoisotopic (exact) mass is 243 g/mol. The molecule has 0 bridgehead atoms. The van der Waals surface area contributed by atoms with Crippen LogP contribution in [0.15, 0.2) is 5.16 Å². The number of carbonyl (C=O) groups is 1. The van der Waals surface area contributed by atoms with E-state index in [1.807, 2.05) is 0 Å². The third kappa shape index (κ3) is 5.04. The van der Waals surface area contributed by atoms with E-state index in [1.165, 1.54) is 6.42 Å². The van der Waals surface area contributed by atoms with Gasteiger partial charge < -0.3 is 21.0 Å². The lowest BCUT2D eigenvalue weighted by Crippen LogP contribution is -2.42. The fourth-order valence-corrected chi connectivity index (χ4v) is 1.80. The zero-order chi connectivity index (χ0) is 12.7. The van der Waals surface area contributed by atoms with E-state index in [0.717, 1.165) is 25.9 Å². The van der Waals surface area contributed by atoms with Gasteiger partial charge in [-0.05, 0) is 32.6 Å². The number of nitrogens with two attached hydrogens (primary N) is 1. The SMILES string of the molecule is CC(NC(=O)CCC1CCCCO1)C(N)=NO. The maximum atomic E-state index is 11.6. The molecule has 0 saturated carbocycles. The standard InChI is InChI=1S/C11H21N3O3/c1-8(11(12)14-16)13-10(15)6-5-9-4-2-3-7-17-9/h8-9,16H,2-7H2,1H3,(H2,12,14)(H,13,15). The summed E-state index contributed by atoms with van der Waals surface area (Å²) < 4.78 is 5.53. The Kier molecular flexibility index (Phi) is 5.76. The van der Waals surface area contributed by atoms with Gasteiger partial charge in [0.25, 0.3) is 0 Å². The number of amides is 1. The van der Waals surface area contributed by atoms with E-state index in [-0.39, 0.29) is 17.8 Å². The average molecular weight is 243 g/mol. The highest BCUT2D eigenvalue weighted by molar-refractivity contribution is 5.89. The minimum atomic E-state index is -0.445. The number of ether oxygens (including phenoxy) is 1. The molecule has 0 aromatic carbocycles. The molecule has 98 valence electrons. The summed E-state index contributed by atoms with van der Waals surface area (Å²) in [5.41, 5.74) is 5.36. The van der Waals surface area contributed by atoms with Crippen molar-refractivity contribution in [2.24, 2.45) is 10.9 Å². The molecule has 1 heterocycles. The van der Waals surface area contributed by atoms with Crippen molar-refractivity contribution in [3.05, 3.63) is 0 Å². The minimum Gasteiger partial charge on any atom is -0.409 e. The van der Waals surface area contributed by atoms with Gasteiger partial charge in [-0.3, -0.25) is 4.79 Å². The van der Waals surface area contributed by atoms with Crippen LogP contribution in [0.3, 0.4) is 0 Å². The molecule has 2 atom stereocenters.